The van der Waals surface area contributed by atoms with Gasteiger partial charge in [0.2, 0.25) is 5.91 Å². The van der Waals surface area contributed by atoms with Gasteiger partial charge in [0.1, 0.15) is 0 Å². The van der Waals surface area contributed by atoms with E-state index >= 15 is 0 Å². The molecule has 1 atom stereocenters. The number of carbonyl (C=O) groups is 1. The van der Waals surface area contributed by atoms with Gasteiger partial charge in [0.15, 0.2) is 5.37 Å². The summed E-state index contributed by atoms with van der Waals surface area (Å²) in [4.78, 5) is 11.0. The van der Waals surface area contributed by atoms with Crippen LogP contribution in [0.5, 0.6) is 0 Å². The third-order valence-electron chi connectivity index (χ3n) is 2.60. The van der Waals surface area contributed by atoms with E-state index in [-0.39, 0.29) is 12.0 Å². The number of nitrogens with one attached hydrogen (secondary N) is 1. The van der Waals surface area contributed by atoms with Crippen LogP contribution in [0.4, 0.5) is 5.69 Å². The van der Waals surface area contributed by atoms with E-state index < -0.39 is 21.4 Å². The maximum atomic E-state index is 11.0. The average molecular weight is 314 g/mol. The summed E-state index contributed by atoms with van der Waals surface area (Å²) in [6.07, 6.45) is 0.109. The number of para-hydroxylation sites is 1. The minimum absolute atomic E-state index is 0.109. The molecule has 0 saturated heterocycles. The maximum Gasteiger partial charge on any atom is 0.286 e. The number of benzene rings is 1. The third-order valence-corrected chi connectivity index (χ3v) is 3.77. The first kappa shape index (κ1) is 19.1. The van der Waals surface area contributed by atoms with Crippen LogP contribution in [0.15, 0.2) is 36.4 Å². The van der Waals surface area contributed by atoms with E-state index in [0.29, 0.717) is 0 Å². The van der Waals surface area contributed by atoms with Gasteiger partial charge in [0, 0.05) is 11.3 Å². The van der Waals surface area contributed by atoms with Crippen molar-refractivity contribution >= 4 is 21.7 Å². The van der Waals surface area contributed by atoms with Gasteiger partial charge >= 0.3 is 0 Å². The fourth-order valence-corrected chi connectivity index (χ4v) is 1.92. The molecule has 4 N–H and O–H groups in total. The van der Waals surface area contributed by atoms with Gasteiger partial charge in [-0.1, -0.05) is 31.7 Å². The first-order valence-electron chi connectivity index (χ1n) is 6.33. The highest BCUT2D eigenvalue weighted by Gasteiger charge is 2.22. The minimum Gasteiger partial charge on any atom is -0.399 e. The Labute approximate surface area is 125 Å². The zero-order valence-corrected chi connectivity index (χ0v) is 13.3. The second-order valence-corrected chi connectivity index (χ2v) is 6.12. The Kier molecular flexibility index (Phi) is 7.69. The molecule has 0 aliphatic rings. The van der Waals surface area contributed by atoms with Crippen molar-refractivity contribution in [1.29, 1.82) is 0 Å². The van der Waals surface area contributed by atoms with Crippen molar-refractivity contribution in [1.82, 2.24) is 5.32 Å². The summed E-state index contributed by atoms with van der Waals surface area (Å²) in [5.41, 5.74) is 7.73. The monoisotopic (exact) mass is 314 g/mol. The molecule has 1 rings (SSSR count). The van der Waals surface area contributed by atoms with Crippen LogP contribution in [0.1, 0.15) is 25.8 Å². The number of aryl methyl sites for hydroxylation is 1. The molecule has 118 valence electrons. The maximum absolute atomic E-state index is 11.0. The van der Waals surface area contributed by atoms with E-state index in [9.17, 15) is 13.2 Å². The molecule has 1 unspecified atom stereocenters. The van der Waals surface area contributed by atoms with Crippen molar-refractivity contribution in [2.75, 3.05) is 5.73 Å². The number of nitrogen functional groups attached to an aromatic ring is 1. The second-order valence-electron chi connectivity index (χ2n) is 4.52. The first-order valence-corrected chi connectivity index (χ1v) is 7.83. The van der Waals surface area contributed by atoms with Gasteiger partial charge < -0.3 is 11.1 Å². The van der Waals surface area contributed by atoms with E-state index in [1.165, 1.54) is 13.8 Å². The van der Waals surface area contributed by atoms with E-state index in [1.54, 1.807) is 0 Å². The molecule has 7 heteroatoms. The zero-order chi connectivity index (χ0) is 16.6. The molecular weight excluding hydrogens is 292 g/mol. The summed E-state index contributed by atoms with van der Waals surface area (Å²) in [5.74, 6) is -0.579. The van der Waals surface area contributed by atoms with Crippen LogP contribution in [0, 0.1) is 6.92 Å². The molecular formula is C14H22N2O4S. The first-order chi connectivity index (χ1) is 9.59. The lowest BCUT2D eigenvalue weighted by Crippen LogP contribution is -2.40. The third kappa shape index (κ3) is 7.48. The fourth-order valence-electron chi connectivity index (χ4n) is 1.24. The van der Waals surface area contributed by atoms with Crippen molar-refractivity contribution in [2.45, 2.75) is 32.6 Å². The summed E-state index contributed by atoms with van der Waals surface area (Å²) in [5, 5.41) is 0.877. The van der Waals surface area contributed by atoms with Crippen LogP contribution in [-0.4, -0.2) is 24.3 Å². The van der Waals surface area contributed by atoms with Crippen LogP contribution < -0.4 is 11.1 Å². The van der Waals surface area contributed by atoms with Crippen molar-refractivity contribution in [3.63, 3.8) is 0 Å². The number of amides is 1. The lowest BCUT2D eigenvalue weighted by atomic mass is 10.2. The van der Waals surface area contributed by atoms with E-state index in [1.807, 2.05) is 31.2 Å². The molecule has 0 bridgehead atoms. The molecule has 0 aliphatic carbocycles. The van der Waals surface area contributed by atoms with E-state index in [2.05, 4.69) is 11.9 Å². The number of hydrogen-bond donors (Lipinski definition) is 3. The zero-order valence-electron chi connectivity index (χ0n) is 12.5. The van der Waals surface area contributed by atoms with Crippen LogP contribution >= 0.6 is 0 Å². The highest BCUT2D eigenvalue weighted by Crippen LogP contribution is 2.06. The summed E-state index contributed by atoms with van der Waals surface area (Å²) in [7, 11) is -4.22. The summed E-state index contributed by atoms with van der Waals surface area (Å²) >= 11 is 0. The summed E-state index contributed by atoms with van der Waals surface area (Å²) < 4.78 is 29.9. The largest absolute Gasteiger partial charge is 0.399 e. The van der Waals surface area contributed by atoms with Gasteiger partial charge in [0.25, 0.3) is 10.1 Å². The van der Waals surface area contributed by atoms with Gasteiger partial charge in [-0.25, -0.2) is 0 Å². The normalized spacial score (nSPS) is 11.8. The Morgan fingerprint density at radius 1 is 1.43 bits per heavy atom. The van der Waals surface area contributed by atoms with Crippen LogP contribution in [0.25, 0.3) is 0 Å². The Morgan fingerprint density at radius 2 is 1.95 bits per heavy atom. The molecule has 0 saturated carbocycles. The topological polar surface area (TPSA) is 109 Å². The van der Waals surface area contributed by atoms with Crippen LogP contribution in [-0.2, 0) is 14.9 Å². The van der Waals surface area contributed by atoms with Crippen LogP contribution in [0.2, 0.25) is 0 Å². The molecule has 0 fully saturated rings. The molecule has 1 aromatic carbocycles. The van der Waals surface area contributed by atoms with Gasteiger partial charge in [0.05, 0.1) is 0 Å². The predicted molar refractivity (Wildman–Crippen MR) is 84.2 cm³/mol. The highest BCUT2D eigenvalue weighted by atomic mass is 32.2. The highest BCUT2D eigenvalue weighted by molar-refractivity contribution is 7.86. The second kappa shape index (κ2) is 8.43. The van der Waals surface area contributed by atoms with Crippen molar-refractivity contribution in [3.8, 4) is 0 Å². The Morgan fingerprint density at radius 3 is 2.24 bits per heavy atom. The van der Waals surface area contributed by atoms with Gasteiger partial charge in [-0.3, -0.25) is 9.35 Å². The lowest BCUT2D eigenvalue weighted by Gasteiger charge is -2.13. The number of carbonyl (C=O) groups excluding carboxylic acids is 1. The smallest absolute Gasteiger partial charge is 0.286 e. The SMILES string of the molecule is C=C(C)C(=O)NC(CC)S(=O)(=O)O.Cc1ccccc1N. The fraction of sp³-hybridized carbons (Fsp3) is 0.357. The lowest BCUT2D eigenvalue weighted by molar-refractivity contribution is -0.117. The molecule has 0 aromatic heterocycles. The quantitative estimate of drug-likeness (QED) is 0.446. The van der Waals surface area contributed by atoms with Gasteiger partial charge in [-0.05, 0) is 31.9 Å². The van der Waals surface area contributed by atoms with Crippen molar-refractivity contribution in [2.24, 2.45) is 0 Å². The number of hydrogen-bond acceptors (Lipinski definition) is 4. The summed E-state index contributed by atoms with van der Waals surface area (Å²) in [6, 6.07) is 7.80. The molecule has 1 aromatic rings. The van der Waals surface area contributed by atoms with Gasteiger partial charge in [-0.15, -0.1) is 0 Å². The molecule has 0 spiro atoms. The van der Waals surface area contributed by atoms with Gasteiger partial charge in [-0.2, -0.15) is 8.42 Å². The van der Waals surface area contributed by atoms with E-state index in [4.69, 9.17) is 10.3 Å². The number of anilines is 1. The van der Waals surface area contributed by atoms with Crippen LogP contribution in [0.3, 0.4) is 0 Å². The van der Waals surface area contributed by atoms with E-state index in [0.717, 1.165) is 11.3 Å². The molecule has 6 nitrogen and oxygen atoms in total. The van der Waals surface area contributed by atoms with Crippen molar-refractivity contribution < 1.29 is 17.8 Å². The van der Waals surface area contributed by atoms with Crippen molar-refractivity contribution in [3.05, 3.63) is 42.0 Å². The standard InChI is InChI=1S/C7H13NO4S.C7H9N/c1-4-6(13(10,11)12)8-7(9)5(2)3;1-6-4-2-3-5-7(6)8/h6H,2,4H2,1,3H3,(H,8,9)(H,10,11,12);2-5H,8H2,1H3. The average Bonchev–Trinajstić information content (AvgIpc) is 2.38. The number of nitrogens with two attached hydrogens (primary N) is 1. The predicted octanol–water partition coefficient (Wildman–Crippen LogP) is 1.88. The number of rotatable bonds is 4. The molecule has 21 heavy (non-hydrogen) atoms. The Bertz CT molecular complexity index is 576. The molecule has 0 heterocycles. The molecule has 0 aliphatic heterocycles. The minimum atomic E-state index is -4.22. The Balaban J connectivity index is 0.000000423. The Hall–Kier alpha value is -1.86. The molecule has 1 amide bonds. The molecule has 0 radical (unpaired) electrons. The summed E-state index contributed by atoms with van der Waals surface area (Å²) in [6.45, 7) is 8.32.